The molecule has 0 amide bonds. The van der Waals surface area contributed by atoms with Crippen molar-refractivity contribution in [3.63, 3.8) is 0 Å². The Kier molecular flexibility index (Phi) is 3.10. The number of hydrogen-bond donors (Lipinski definition) is 3. The van der Waals surface area contributed by atoms with E-state index in [4.69, 9.17) is 9.79 Å². The van der Waals surface area contributed by atoms with Crippen LogP contribution in [-0.2, 0) is 4.57 Å². The minimum atomic E-state index is -4.43. The number of hydrogen-bond acceptors (Lipinski definition) is 2. The monoisotopic (exact) mass is 198 g/mol. The largest absolute Gasteiger partial charge is 0.373 e. The van der Waals surface area contributed by atoms with E-state index in [2.05, 4.69) is 0 Å². The number of nitrogens with zero attached hydrogens (tertiary/aromatic N) is 1. The van der Waals surface area contributed by atoms with Crippen molar-refractivity contribution in [3.8, 4) is 0 Å². The lowest BCUT2D eigenvalue weighted by Crippen LogP contribution is -2.47. The van der Waals surface area contributed by atoms with Crippen LogP contribution in [0.25, 0.3) is 0 Å². The maximum atomic E-state index is 10.8. The lowest BCUT2D eigenvalue weighted by molar-refractivity contribution is -0.874. The highest BCUT2D eigenvalue weighted by atomic mass is 31.2. The van der Waals surface area contributed by atoms with Crippen molar-refractivity contribution in [2.24, 2.45) is 0 Å². The molecule has 1 atom stereocenters. The molecular formula is C6H17NO4P+. The molecule has 0 spiro atoms. The van der Waals surface area contributed by atoms with Crippen LogP contribution < -0.4 is 0 Å². The molecule has 1 unspecified atom stereocenters. The Morgan fingerprint density at radius 3 is 1.75 bits per heavy atom. The predicted molar refractivity (Wildman–Crippen MR) is 45.6 cm³/mol. The second kappa shape index (κ2) is 3.09. The zero-order valence-electron chi connectivity index (χ0n) is 7.85. The van der Waals surface area contributed by atoms with E-state index in [-0.39, 0.29) is 6.54 Å². The summed E-state index contributed by atoms with van der Waals surface area (Å²) < 4.78 is 11.1. The van der Waals surface area contributed by atoms with Crippen molar-refractivity contribution in [3.05, 3.63) is 0 Å². The van der Waals surface area contributed by atoms with E-state index in [0.717, 1.165) is 6.92 Å². The van der Waals surface area contributed by atoms with Crippen LogP contribution >= 0.6 is 7.60 Å². The molecule has 0 aliphatic heterocycles. The summed E-state index contributed by atoms with van der Waals surface area (Å²) in [5.74, 6) is 0. The van der Waals surface area contributed by atoms with Gasteiger partial charge in [0.2, 0.25) is 5.34 Å². The quantitative estimate of drug-likeness (QED) is 0.425. The van der Waals surface area contributed by atoms with Crippen LogP contribution in [0.15, 0.2) is 0 Å². The van der Waals surface area contributed by atoms with E-state index in [0.29, 0.717) is 4.48 Å². The van der Waals surface area contributed by atoms with Crippen LogP contribution in [0.2, 0.25) is 0 Å². The summed E-state index contributed by atoms with van der Waals surface area (Å²) in [5, 5.41) is 7.47. The second-order valence-corrected chi connectivity index (χ2v) is 6.26. The Balaban J connectivity index is 4.56. The molecule has 0 aromatic carbocycles. The van der Waals surface area contributed by atoms with Gasteiger partial charge in [-0.3, -0.25) is 4.57 Å². The molecule has 0 saturated carbocycles. The van der Waals surface area contributed by atoms with Gasteiger partial charge in [-0.05, 0) is 6.92 Å². The first-order chi connectivity index (χ1) is 4.96. The van der Waals surface area contributed by atoms with Gasteiger partial charge in [0.25, 0.3) is 0 Å². The van der Waals surface area contributed by atoms with Crippen molar-refractivity contribution in [1.82, 2.24) is 0 Å². The third kappa shape index (κ3) is 3.65. The SMILES string of the molecule is CC(O)(C[N+](C)(C)C)P(=O)(O)O. The summed E-state index contributed by atoms with van der Waals surface area (Å²) in [5.41, 5.74) is 0. The second-order valence-electron chi connectivity index (χ2n) is 4.21. The van der Waals surface area contributed by atoms with E-state index < -0.39 is 12.9 Å². The Bertz CT molecular complexity index is 202. The first-order valence-electron chi connectivity index (χ1n) is 3.54. The Morgan fingerprint density at radius 2 is 1.67 bits per heavy atom. The summed E-state index contributed by atoms with van der Waals surface area (Å²) in [4.78, 5) is 17.5. The minimum Gasteiger partial charge on any atom is -0.373 e. The average Bonchev–Trinajstić information content (AvgIpc) is 1.52. The normalized spacial score (nSPS) is 18.9. The van der Waals surface area contributed by atoms with Gasteiger partial charge in [-0.1, -0.05) is 0 Å². The fourth-order valence-electron chi connectivity index (χ4n) is 0.991. The summed E-state index contributed by atoms with van der Waals surface area (Å²) in [6.07, 6.45) is 0. The van der Waals surface area contributed by atoms with Gasteiger partial charge in [0.1, 0.15) is 6.54 Å². The first kappa shape index (κ1) is 12.1. The van der Waals surface area contributed by atoms with Gasteiger partial charge >= 0.3 is 7.60 Å². The Morgan fingerprint density at radius 1 is 1.33 bits per heavy atom. The maximum Gasteiger partial charge on any atom is 0.362 e. The molecule has 0 aromatic heterocycles. The number of rotatable bonds is 3. The molecule has 0 aliphatic rings. The topological polar surface area (TPSA) is 77.8 Å². The average molecular weight is 198 g/mol. The van der Waals surface area contributed by atoms with E-state index in [1.807, 2.05) is 0 Å². The van der Waals surface area contributed by atoms with E-state index in [1.165, 1.54) is 0 Å². The Labute approximate surface area is 72.4 Å². The highest BCUT2D eigenvalue weighted by Crippen LogP contribution is 2.48. The lowest BCUT2D eigenvalue weighted by Gasteiger charge is -2.33. The lowest BCUT2D eigenvalue weighted by atomic mass is 10.3. The van der Waals surface area contributed by atoms with Crippen molar-refractivity contribution >= 4 is 7.60 Å². The molecule has 0 heterocycles. The molecule has 3 N–H and O–H groups in total. The van der Waals surface area contributed by atoms with Gasteiger partial charge in [0.15, 0.2) is 0 Å². The van der Waals surface area contributed by atoms with E-state index in [1.54, 1.807) is 21.1 Å². The van der Waals surface area contributed by atoms with Crippen LogP contribution in [-0.4, -0.2) is 52.4 Å². The highest BCUT2D eigenvalue weighted by Gasteiger charge is 2.44. The number of aliphatic hydroxyl groups is 1. The molecule has 0 aliphatic carbocycles. The van der Waals surface area contributed by atoms with Gasteiger partial charge in [0, 0.05) is 0 Å². The van der Waals surface area contributed by atoms with E-state index in [9.17, 15) is 9.67 Å². The van der Waals surface area contributed by atoms with Gasteiger partial charge in [-0.25, -0.2) is 0 Å². The number of quaternary nitrogens is 1. The summed E-state index contributed by atoms with van der Waals surface area (Å²) in [6.45, 7) is 1.16. The molecule has 0 aromatic rings. The molecule has 0 fully saturated rings. The maximum absolute atomic E-state index is 10.8. The first-order valence-corrected chi connectivity index (χ1v) is 5.15. The van der Waals surface area contributed by atoms with Crippen molar-refractivity contribution < 1.29 is 23.9 Å². The van der Waals surface area contributed by atoms with E-state index >= 15 is 0 Å². The molecule has 12 heavy (non-hydrogen) atoms. The number of likely N-dealkylation sites (N-methyl/N-ethyl adjacent to an activating group) is 1. The summed E-state index contributed by atoms with van der Waals surface area (Å²) >= 11 is 0. The van der Waals surface area contributed by atoms with Crippen molar-refractivity contribution in [2.75, 3.05) is 27.7 Å². The molecule has 0 rings (SSSR count). The molecule has 74 valence electrons. The summed E-state index contributed by atoms with van der Waals surface area (Å²) in [6, 6.07) is 0. The summed E-state index contributed by atoms with van der Waals surface area (Å²) in [7, 11) is 0.837. The van der Waals surface area contributed by atoms with Gasteiger partial charge in [-0.2, -0.15) is 0 Å². The van der Waals surface area contributed by atoms with Gasteiger partial charge in [0.05, 0.1) is 21.1 Å². The van der Waals surface area contributed by atoms with Crippen LogP contribution in [0.1, 0.15) is 6.92 Å². The molecule has 0 bridgehead atoms. The van der Waals surface area contributed by atoms with Crippen LogP contribution in [0, 0.1) is 0 Å². The molecule has 0 radical (unpaired) electrons. The predicted octanol–water partition coefficient (Wildman–Crippen LogP) is -0.421. The fraction of sp³-hybridized carbons (Fsp3) is 1.00. The van der Waals surface area contributed by atoms with Crippen LogP contribution in [0.4, 0.5) is 0 Å². The van der Waals surface area contributed by atoms with Gasteiger partial charge < -0.3 is 19.4 Å². The van der Waals surface area contributed by atoms with Crippen molar-refractivity contribution in [2.45, 2.75) is 12.3 Å². The minimum absolute atomic E-state index is 0.0112. The molecular weight excluding hydrogens is 181 g/mol. The zero-order valence-corrected chi connectivity index (χ0v) is 8.75. The van der Waals surface area contributed by atoms with Crippen LogP contribution in [0.3, 0.4) is 0 Å². The van der Waals surface area contributed by atoms with Gasteiger partial charge in [-0.15, -0.1) is 0 Å². The molecule has 6 heteroatoms. The zero-order chi connectivity index (χ0) is 10.2. The fourth-order valence-corrected chi connectivity index (χ4v) is 1.60. The van der Waals surface area contributed by atoms with Crippen LogP contribution in [0.5, 0.6) is 0 Å². The third-order valence-corrected chi connectivity index (χ3v) is 2.80. The smallest absolute Gasteiger partial charge is 0.362 e. The standard InChI is InChI=1S/C6H16NO4P/c1-6(8,12(9,10)11)5-7(2,3)4/h8H,5H2,1-4H3,(H-,9,10,11)/p+1. The Hall–Kier alpha value is 0.0700. The third-order valence-electron chi connectivity index (χ3n) is 1.40. The molecule has 0 saturated heterocycles. The highest BCUT2D eigenvalue weighted by molar-refractivity contribution is 7.53. The van der Waals surface area contributed by atoms with Crippen molar-refractivity contribution in [1.29, 1.82) is 0 Å². The molecule has 5 nitrogen and oxygen atoms in total.